The molecule has 0 spiro atoms. The van der Waals surface area contributed by atoms with E-state index in [1.54, 1.807) is 48.5 Å². The van der Waals surface area contributed by atoms with Crippen LogP contribution in [0.2, 0.25) is 0 Å². The van der Waals surface area contributed by atoms with Gasteiger partial charge in [0.15, 0.2) is 5.78 Å². The fraction of sp³-hybridized carbons (Fsp3) is 0.133. The molecule has 0 unspecified atom stereocenters. The van der Waals surface area contributed by atoms with Crippen molar-refractivity contribution in [3.63, 3.8) is 0 Å². The Bertz CT molecular complexity index is 1550. The average molecular weight is 478 g/mol. The van der Waals surface area contributed by atoms with Gasteiger partial charge in [0.1, 0.15) is 12.0 Å². The van der Waals surface area contributed by atoms with E-state index < -0.39 is 35.5 Å². The molecule has 1 heterocycles. The zero-order valence-corrected chi connectivity index (χ0v) is 19.8. The highest BCUT2D eigenvalue weighted by Crippen LogP contribution is 2.38. The fourth-order valence-electron chi connectivity index (χ4n) is 4.53. The van der Waals surface area contributed by atoms with Gasteiger partial charge >= 0.3 is 5.97 Å². The number of carbonyl (C=O) groups is 4. The molecule has 0 bridgehead atoms. The molecule has 36 heavy (non-hydrogen) atoms. The molecule has 178 valence electrons. The Morgan fingerprint density at radius 2 is 1.56 bits per heavy atom. The first-order valence-electron chi connectivity index (χ1n) is 11.6. The largest absolute Gasteiger partial charge is 0.453 e. The van der Waals surface area contributed by atoms with Crippen LogP contribution in [0.3, 0.4) is 0 Å². The van der Waals surface area contributed by atoms with E-state index in [-0.39, 0.29) is 11.1 Å². The summed E-state index contributed by atoms with van der Waals surface area (Å²) >= 11 is 0. The standard InChI is InChI=1S/C30H23NO5/c1-17-11-12-18(2)24(15-17)31-29(34)27(33)25(28-22-9-5-6-10-23(22)30(35)36-28)26(32)21-14-13-19-7-3-4-8-20(19)16-21/h3-16,25,28H,1-2H3,(H,31,34)/t25-,28+/m0/s1. The summed E-state index contributed by atoms with van der Waals surface area (Å²) in [4.78, 5) is 53.1. The molecule has 0 aromatic heterocycles. The Labute approximate surface area is 207 Å². The monoisotopic (exact) mass is 477 g/mol. The molecule has 1 aliphatic heterocycles. The lowest BCUT2D eigenvalue weighted by Crippen LogP contribution is -2.38. The minimum absolute atomic E-state index is 0.256. The zero-order chi connectivity index (χ0) is 25.4. The molecule has 1 amide bonds. The Hall–Kier alpha value is -4.58. The maximum absolute atomic E-state index is 13.8. The van der Waals surface area contributed by atoms with Gasteiger partial charge in [-0.3, -0.25) is 14.4 Å². The number of amides is 1. The Morgan fingerprint density at radius 3 is 2.36 bits per heavy atom. The summed E-state index contributed by atoms with van der Waals surface area (Å²) in [7, 11) is 0. The molecule has 6 heteroatoms. The van der Waals surface area contributed by atoms with Gasteiger partial charge in [-0.05, 0) is 53.9 Å². The first-order valence-corrected chi connectivity index (χ1v) is 11.6. The predicted octanol–water partition coefficient (Wildman–Crippen LogP) is 5.38. The molecule has 0 saturated carbocycles. The van der Waals surface area contributed by atoms with Gasteiger partial charge < -0.3 is 10.1 Å². The normalized spacial score (nSPS) is 15.2. The third-order valence-corrected chi connectivity index (χ3v) is 6.49. The van der Waals surface area contributed by atoms with E-state index in [1.165, 1.54) is 0 Å². The number of Topliss-reactive ketones (excluding diaryl/α,β-unsaturated/α-hetero) is 2. The number of anilines is 1. The van der Waals surface area contributed by atoms with Crippen LogP contribution in [0.1, 0.15) is 43.5 Å². The number of aryl methyl sites for hydroxylation is 2. The van der Waals surface area contributed by atoms with Gasteiger partial charge in [-0.15, -0.1) is 0 Å². The van der Waals surface area contributed by atoms with Gasteiger partial charge in [0.05, 0.1) is 5.56 Å². The molecule has 1 aliphatic rings. The Balaban J connectivity index is 1.55. The molecule has 1 N–H and O–H groups in total. The fourth-order valence-corrected chi connectivity index (χ4v) is 4.53. The molecular weight excluding hydrogens is 454 g/mol. The lowest BCUT2D eigenvalue weighted by atomic mass is 9.84. The van der Waals surface area contributed by atoms with Crippen molar-refractivity contribution in [3.8, 4) is 0 Å². The molecule has 0 fully saturated rings. The second kappa shape index (κ2) is 9.23. The van der Waals surface area contributed by atoms with E-state index in [4.69, 9.17) is 4.74 Å². The van der Waals surface area contributed by atoms with Crippen molar-refractivity contribution >= 4 is 39.9 Å². The number of ketones is 2. The van der Waals surface area contributed by atoms with Gasteiger partial charge in [-0.25, -0.2) is 4.79 Å². The molecule has 5 rings (SSSR count). The first kappa shape index (κ1) is 23.2. The SMILES string of the molecule is Cc1ccc(C)c(NC(=O)C(=O)[C@H](C(=O)c2ccc3ccccc3c2)[C@@H]2OC(=O)c3ccccc32)c1. The van der Waals surface area contributed by atoms with E-state index in [2.05, 4.69) is 5.32 Å². The number of hydrogen-bond donors (Lipinski definition) is 1. The van der Waals surface area contributed by atoms with E-state index in [1.807, 2.05) is 50.2 Å². The van der Waals surface area contributed by atoms with Crippen LogP contribution in [0, 0.1) is 19.8 Å². The number of nitrogens with one attached hydrogen (secondary N) is 1. The van der Waals surface area contributed by atoms with Gasteiger partial charge in [0, 0.05) is 16.8 Å². The van der Waals surface area contributed by atoms with Crippen LogP contribution < -0.4 is 5.32 Å². The van der Waals surface area contributed by atoms with Crippen LogP contribution in [0.25, 0.3) is 10.8 Å². The average Bonchev–Trinajstić information content (AvgIpc) is 3.22. The second-order valence-electron chi connectivity index (χ2n) is 8.95. The third kappa shape index (κ3) is 4.18. The van der Waals surface area contributed by atoms with E-state index in [0.717, 1.165) is 21.9 Å². The lowest BCUT2D eigenvalue weighted by Gasteiger charge is -2.21. The highest BCUT2D eigenvalue weighted by Gasteiger charge is 2.46. The molecule has 0 radical (unpaired) electrons. The summed E-state index contributed by atoms with van der Waals surface area (Å²) in [6, 6.07) is 24.7. The molecule has 0 aliphatic carbocycles. The van der Waals surface area contributed by atoms with E-state index in [9.17, 15) is 19.2 Å². The van der Waals surface area contributed by atoms with Crippen LogP contribution in [0.4, 0.5) is 5.69 Å². The number of esters is 1. The van der Waals surface area contributed by atoms with Crippen LogP contribution in [-0.2, 0) is 14.3 Å². The summed E-state index contributed by atoms with van der Waals surface area (Å²) in [6.07, 6.45) is -1.20. The minimum Gasteiger partial charge on any atom is -0.453 e. The highest BCUT2D eigenvalue weighted by atomic mass is 16.5. The van der Waals surface area contributed by atoms with Crippen LogP contribution in [0.5, 0.6) is 0 Å². The van der Waals surface area contributed by atoms with Crippen molar-refractivity contribution in [1.29, 1.82) is 0 Å². The summed E-state index contributed by atoms with van der Waals surface area (Å²) in [6.45, 7) is 3.68. The number of benzene rings is 4. The van der Waals surface area contributed by atoms with Crippen molar-refractivity contribution in [1.82, 2.24) is 0 Å². The number of ether oxygens (including phenoxy) is 1. The molecule has 4 aromatic rings. The van der Waals surface area contributed by atoms with Crippen LogP contribution in [-0.4, -0.2) is 23.4 Å². The number of fused-ring (bicyclic) bond motifs is 2. The van der Waals surface area contributed by atoms with Crippen LogP contribution >= 0.6 is 0 Å². The lowest BCUT2D eigenvalue weighted by molar-refractivity contribution is -0.138. The Morgan fingerprint density at radius 1 is 0.833 bits per heavy atom. The topological polar surface area (TPSA) is 89.5 Å². The number of cyclic esters (lactones) is 1. The minimum atomic E-state index is -1.54. The van der Waals surface area contributed by atoms with Gasteiger partial charge in [-0.1, -0.05) is 66.7 Å². The predicted molar refractivity (Wildman–Crippen MR) is 136 cm³/mol. The second-order valence-corrected chi connectivity index (χ2v) is 8.95. The molecule has 0 saturated heterocycles. The van der Waals surface area contributed by atoms with Gasteiger partial charge in [-0.2, -0.15) is 0 Å². The summed E-state index contributed by atoms with van der Waals surface area (Å²) < 4.78 is 5.53. The van der Waals surface area contributed by atoms with Crippen molar-refractivity contribution in [2.75, 3.05) is 5.32 Å². The van der Waals surface area contributed by atoms with Crippen molar-refractivity contribution in [2.45, 2.75) is 20.0 Å². The molecular formula is C30H23NO5. The maximum atomic E-state index is 13.8. The van der Waals surface area contributed by atoms with Crippen molar-refractivity contribution in [2.24, 2.45) is 5.92 Å². The number of carbonyl (C=O) groups excluding carboxylic acids is 4. The summed E-state index contributed by atoms with van der Waals surface area (Å²) in [5, 5.41) is 4.40. The smallest absolute Gasteiger partial charge is 0.339 e. The molecule has 4 aromatic carbocycles. The maximum Gasteiger partial charge on any atom is 0.339 e. The molecule has 2 atom stereocenters. The van der Waals surface area contributed by atoms with Crippen LogP contribution in [0.15, 0.2) is 84.9 Å². The Kier molecular flexibility index (Phi) is 5.94. The van der Waals surface area contributed by atoms with E-state index in [0.29, 0.717) is 11.3 Å². The summed E-state index contributed by atoms with van der Waals surface area (Å²) in [5.74, 6) is -4.67. The van der Waals surface area contributed by atoms with Crippen molar-refractivity contribution < 1.29 is 23.9 Å². The quantitative estimate of drug-likeness (QED) is 0.174. The van der Waals surface area contributed by atoms with E-state index >= 15 is 0 Å². The van der Waals surface area contributed by atoms with Crippen molar-refractivity contribution in [3.05, 3.63) is 113 Å². The highest BCUT2D eigenvalue weighted by molar-refractivity contribution is 6.45. The summed E-state index contributed by atoms with van der Waals surface area (Å²) in [5.41, 5.74) is 3.11. The van der Waals surface area contributed by atoms with Gasteiger partial charge in [0.25, 0.3) is 5.91 Å². The third-order valence-electron chi connectivity index (χ3n) is 6.49. The number of rotatable bonds is 6. The first-order chi connectivity index (χ1) is 17.3. The zero-order valence-electron chi connectivity index (χ0n) is 19.8. The number of hydrogen-bond acceptors (Lipinski definition) is 5. The molecule has 6 nitrogen and oxygen atoms in total. The van der Waals surface area contributed by atoms with Gasteiger partial charge in [0.2, 0.25) is 5.78 Å².